The summed E-state index contributed by atoms with van der Waals surface area (Å²) in [6.07, 6.45) is 1.61. The second-order valence-corrected chi connectivity index (χ2v) is 5.93. The highest BCUT2D eigenvalue weighted by atomic mass is 16.5. The van der Waals surface area contributed by atoms with Crippen molar-refractivity contribution < 1.29 is 19.1 Å². The molecule has 0 atom stereocenters. The average molecular weight is 379 g/mol. The van der Waals surface area contributed by atoms with Gasteiger partial charge in [-0.25, -0.2) is 9.48 Å². The number of benzene rings is 2. The molecule has 3 aromatic rings. The minimum atomic E-state index is -0.612. The predicted octanol–water partition coefficient (Wildman–Crippen LogP) is 2.84. The predicted molar refractivity (Wildman–Crippen MR) is 105 cm³/mol. The van der Waals surface area contributed by atoms with Crippen LogP contribution >= 0.6 is 0 Å². The number of carbonyl (C=O) groups is 2. The maximum absolute atomic E-state index is 12.6. The number of carbonyl (C=O) groups excluding carboxylic acids is 2. The van der Waals surface area contributed by atoms with Crippen LogP contribution in [-0.2, 0) is 9.53 Å². The van der Waals surface area contributed by atoms with E-state index in [4.69, 9.17) is 9.47 Å². The Kier molecular flexibility index (Phi) is 6.06. The normalized spacial score (nSPS) is 10.4. The first-order chi connectivity index (χ1) is 13.6. The van der Waals surface area contributed by atoms with Crippen molar-refractivity contribution >= 4 is 11.9 Å². The summed E-state index contributed by atoms with van der Waals surface area (Å²) in [5, 5.41) is 7.16. The maximum Gasteiger partial charge on any atom is 0.342 e. The van der Waals surface area contributed by atoms with Crippen LogP contribution in [0.25, 0.3) is 16.9 Å². The Morgan fingerprint density at radius 3 is 2.43 bits per heavy atom. The summed E-state index contributed by atoms with van der Waals surface area (Å²) in [5.41, 5.74) is 2.28. The van der Waals surface area contributed by atoms with Gasteiger partial charge in [0.15, 0.2) is 6.61 Å². The lowest BCUT2D eigenvalue weighted by atomic mass is 10.1. The van der Waals surface area contributed by atoms with Crippen LogP contribution in [0.5, 0.6) is 5.75 Å². The topological polar surface area (TPSA) is 82.5 Å². The Balaban J connectivity index is 1.95. The van der Waals surface area contributed by atoms with Crippen LogP contribution in [0, 0.1) is 0 Å². The summed E-state index contributed by atoms with van der Waals surface area (Å²) in [4.78, 5) is 24.2. The molecule has 0 saturated heterocycles. The Morgan fingerprint density at radius 1 is 1.07 bits per heavy atom. The van der Waals surface area contributed by atoms with Crippen molar-refractivity contribution in [3.05, 3.63) is 66.4 Å². The molecule has 7 heteroatoms. The molecule has 0 unspecified atom stereocenters. The summed E-state index contributed by atoms with van der Waals surface area (Å²) in [5.74, 6) is -0.261. The Labute approximate surface area is 162 Å². The molecule has 1 N–H and O–H groups in total. The van der Waals surface area contributed by atoms with Gasteiger partial charge >= 0.3 is 5.97 Å². The fourth-order valence-corrected chi connectivity index (χ4v) is 2.66. The van der Waals surface area contributed by atoms with Gasteiger partial charge in [0.1, 0.15) is 17.0 Å². The highest BCUT2D eigenvalue weighted by molar-refractivity contribution is 5.97. The van der Waals surface area contributed by atoms with E-state index in [0.717, 1.165) is 11.3 Å². The van der Waals surface area contributed by atoms with Gasteiger partial charge in [-0.2, -0.15) is 5.10 Å². The number of rotatable bonds is 7. The fourth-order valence-electron chi connectivity index (χ4n) is 2.66. The lowest BCUT2D eigenvalue weighted by Crippen LogP contribution is -2.28. The minimum Gasteiger partial charge on any atom is -0.497 e. The van der Waals surface area contributed by atoms with Gasteiger partial charge in [-0.3, -0.25) is 4.79 Å². The first-order valence-corrected chi connectivity index (χ1v) is 8.85. The molecular formula is C21H21N3O4. The number of nitrogens with one attached hydrogen (secondary N) is 1. The van der Waals surface area contributed by atoms with Crippen LogP contribution in [0.2, 0.25) is 0 Å². The van der Waals surface area contributed by atoms with Gasteiger partial charge in [0.05, 0.1) is 12.8 Å². The van der Waals surface area contributed by atoms with Crippen molar-refractivity contribution in [1.82, 2.24) is 15.1 Å². The number of amides is 1. The van der Waals surface area contributed by atoms with E-state index < -0.39 is 5.97 Å². The van der Waals surface area contributed by atoms with Crippen LogP contribution in [0.4, 0.5) is 0 Å². The van der Waals surface area contributed by atoms with Crippen LogP contribution in [0.1, 0.15) is 17.3 Å². The van der Waals surface area contributed by atoms with E-state index in [9.17, 15) is 9.59 Å². The van der Waals surface area contributed by atoms with Crippen LogP contribution in [0.3, 0.4) is 0 Å². The summed E-state index contributed by atoms with van der Waals surface area (Å²) in [7, 11) is 1.59. The molecule has 0 aliphatic heterocycles. The number of aromatic nitrogens is 2. The van der Waals surface area contributed by atoms with Gasteiger partial charge in [-0.05, 0) is 43.3 Å². The second kappa shape index (κ2) is 8.85. The lowest BCUT2D eigenvalue weighted by molar-refractivity contribution is -0.124. The lowest BCUT2D eigenvalue weighted by Gasteiger charge is -2.05. The number of methoxy groups -OCH3 is 1. The van der Waals surface area contributed by atoms with Gasteiger partial charge < -0.3 is 14.8 Å². The second-order valence-electron chi connectivity index (χ2n) is 5.93. The molecule has 7 nitrogen and oxygen atoms in total. The third-order valence-electron chi connectivity index (χ3n) is 4.03. The number of para-hydroxylation sites is 1. The van der Waals surface area contributed by atoms with Gasteiger partial charge in [0.25, 0.3) is 5.91 Å². The van der Waals surface area contributed by atoms with Crippen LogP contribution in [-0.4, -0.2) is 41.9 Å². The highest BCUT2D eigenvalue weighted by Gasteiger charge is 2.21. The summed E-state index contributed by atoms with van der Waals surface area (Å²) in [6.45, 7) is 1.93. The monoisotopic (exact) mass is 379 g/mol. The smallest absolute Gasteiger partial charge is 0.342 e. The van der Waals surface area contributed by atoms with Crippen LogP contribution < -0.4 is 10.1 Å². The zero-order valence-corrected chi connectivity index (χ0v) is 15.7. The third kappa shape index (κ3) is 4.37. The first kappa shape index (κ1) is 19.2. The van der Waals surface area contributed by atoms with E-state index in [1.54, 1.807) is 37.0 Å². The number of ether oxygens (including phenoxy) is 2. The zero-order chi connectivity index (χ0) is 19.9. The van der Waals surface area contributed by atoms with E-state index in [0.29, 0.717) is 18.0 Å². The summed E-state index contributed by atoms with van der Waals surface area (Å²) < 4.78 is 12.0. The SMILES string of the molecule is CCNC(=O)COC(=O)c1cn(-c2ccccc2)nc1-c1ccc(OC)cc1. The van der Waals surface area contributed by atoms with Crippen LogP contribution in [0.15, 0.2) is 60.8 Å². The van der Waals surface area contributed by atoms with Crippen molar-refractivity contribution in [2.75, 3.05) is 20.3 Å². The Bertz CT molecular complexity index is 950. The van der Waals surface area contributed by atoms with E-state index >= 15 is 0 Å². The molecule has 0 aliphatic rings. The molecule has 0 fully saturated rings. The number of hydrogen-bond acceptors (Lipinski definition) is 5. The van der Waals surface area contributed by atoms with E-state index in [1.807, 2.05) is 42.5 Å². The molecule has 3 rings (SSSR count). The molecule has 2 aromatic carbocycles. The fraction of sp³-hybridized carbons (Fsp3) is 0.190. The van der Waals surface area contributed by atoms with Crippen molar-refractivity contribution in [3.63, 3.8) is 0 Å². The molecule has 28 heavy (non-hydrogen) atoms. The molecule has 0 aliphatic carbocycles. The first-order valence-electron chi connectivity index (χ1n) is 8.85. The largest absolute Gasteiger partial charge is 0.497 e. The summed E-state index contributed by atoms with van der Waals surface area (Å²) >= 11 is 0. The van der Waals surface area contributed by atoms with Gasteiger partial charge in [0, 0.05) is 18.3 Å². The summed E-state index contributed by atoms with van der Waals surface area (Å²) in [6, 6.07) is 16.7. The molecule has 0 bridgehead atoms. The van der Waals surface area contributed by atoms with Crippen molar-refractivity contribution in [2.24, 2.45) is 0 Å². The van der Waals surface area contributed by atoms with E-state index in [-0.39, 0.29) is 18.1 Å². The Hall–Kier alpha value is -3.61. The van der Waals surface area contributed by atoms with Gasteiger partial charge in [-0.15, -0.1) is 0 Å². The number of hydrogen-bond donors (Lipinski definition) is 1. The molecule has 1 amide bonds. The average Bonchev–Trinajstić information content (AvgIpc) is 3.18. The minimum absolute atomic E-state index is 0.276. The van der Waals surface area contributed by atoms with Crippen molar-refractivity contribution in [2.45, 2.75) is 6.92 Å². The molecule has 0 spiro atoms. The maximum atomic E-state index is 12.6. The van der Waals surface area contributed by atoms with E-state index in [1.165, 1.54) is 0 Å². The standard InChI is InChI=1S/C21H21N3O4/c1-3-22-19(25)14-28-21(26)18-13-24(16-7-5-4-6-8-16)23-20(18)15-9-11-17(27-2)12-10-15/h4-13H,3,14H2,1-2H3,(H,22,25). The van der Waals surface area contributed by atoms with Crippen molar-refractivity contribution in [1.29, 1.82) is 0 Å². The molecule has 1 heterocycles. The highest BCUT2D eigenvalue weighted by Crippen LogP contribution is 2.26. The Morgan fingerprint density at radius 2 is 1.79 bits per heavy atom. The molecule has 1 aromatic heterocycles. The molecule has 0 saturated carbocycles. The van der Waals surface area contributed by atoms with Gasteiger partial charge in [-0.1, -0.05) is 18.2 Å². The van der Waals surface area contributed by atoms with E-state index in [2.05, 4.69) is 10.4 Å². The number of nitrogens with zero attached hydrogens (tertiary/aromatic N) is 2. The quantitative estimate of drug-likeness (QED) is 0.639. The molecule has 0 radical (unpaired) electrons. The number of likely N-dealkylation sites (N-methyl/N-ethyl adjacent to an activating group) is 1. The van der Waals surface area contributed by atoms with Gasteiger partial charge in [0.2, 0.25) is 0 Å². The molecule has 144 valence electrons. The molecular weight excluding hydrogens is 358 g/mol. The third-order valence-corrected chi connectivity index (χ3v) is 4.03. The number of esters is 1. The zero-order valence-electron chi connectivity index (χ0n) is 15.7. The van der Waals surface area contributed by atoms with Crippen molar-refractivity contribution in [3.8, 4) is 22.7 Å².